The van der Waals surface area contributed by atoms with Gasteiger partial charge in [0.25, 0.3) is 5.91 Å². The van der Waals surface area contributed by atoms with E-state index in [0.29, 0.717) is 34.8 Å². The van der Waals surface area contributed by atoms with Crippen LogP contribution in [0.4, 0.5) is 0 Å². The minimum atomic E-state index is -0.262. The molecule has 0 unspecified atom stereocenters. The highest BCUT2D eigenvalue weighted by Crippen LogP contribution is 2.21. The highest BCUT2D eigenvalue weighted by Gasteiger charge is 2.18. The van der Waals surface area contributed by atoms with Crippen LogP contribution in [0.1, 0.15) is 28.8 Å². The van der Waals surface area contributed by atoms with Gasteiger partial charge in [-0.3, -0.25) is 9.69 Å². The van der Waals surface area contributed by atoms with Crippen LogP contribution in [0.5, 0.6) is 5.75 Å². The van der Waals surface area contributed by atoms with E-state index in [9.17, 15) is 4.79 Å². The van der Waals surface area contributed by atoms with Crippen LogP contribution in [0.2, 0.25) is 10.0 Å². The molecule has 2 aromatic carbocycles. The third kappa shape index (κ3) is 6.61. The number of likely N-dealkylation sites (N-methyl/N-ethyl adjacent to an activating group) is 1. The van der Waals surface area contributed by atoms with E-state index in [2.05, 4.69) is 17.3 Å². The van der Waals surface area contributed by atoms with Crippen molar-refractivity contribution in [1.29, 1.82) is 0 Å². The number of benzene rings is 2. The van der Waals surface area contributed by atoms with Gasteiger partial charge < -0.3 is 14.8 Å². The lowest BCUT2D eigenvalue weighted by Crippen LogP contribution is -2.38. The van der Waals surface area contributed by atoms with Gasteiger partial charge in [-0.15, -0.1) is 0 Å². The molecule has 1 aliphatic heterocycles. The topological polar surface area (TPSA) is 50.8 Å². The van der Waals surface area contributed by atoms with E-state index >= 15 is 0 Å². The number of amides is 1. The Morgan fingerprint density at radius 3 is 2.79 bits per heavy atom. The maximum atomic E-state index is 12.4. The summed E-state index contributed by atoms with van der Waals surface area (Å²) in [5, 5.41) is 3.72. The second-order valence-corrected chi connectivity index (χ2v) is 7.97. The van der Waals surface area contributed by atoms with Gasteiger partial charge in [-0.1, -0.05) is 35.3 Å². The summed E-state index contributed by atoms with van der Waals surface area (Å²) in [6.45, 7) is 3.52. The zero-order chi connectivity index (χ0) is 20.6. The Bertz CT molecular complexity index is 825. The summed E-state index contributed by atoms with van der Waals surface area (Å²) in [6, 6.07) is 13.1. The fraction of sp³-hybridized carbons (Fsp3) is 0.409. The van der Waals surface area contributed by atoms with Crippen LogP contribution in [0.15, 0.2) is 42.5 Å². The van der Waals surface area contributed by atoms with Gasteiger partial charge in [-0.25, -0.2) is 0 Å². The molecule has 156 valence electrons. The molecule has 29 heavy (non-hydrogen) atoms. The number of rotatable bonds is 8. The lowest BCUT2D eigenvalue weighted by Gasteiger charge is -2.31. The first kappa shape index (κ1) is 21.9. The van der Waals surface area contributed by atoms with E-state index in [1.54, 1.807) is 18.2 Å². The van der Waals surface area contributed by atoms with Crippen LogP contribution in [0, 0.1) is 0 Å². The first-order valence-corrected chi connectivity index (χ1v) is 10.5. The van der Waals surface area contributed by atoms with Crippen LogP contribution in [0.25, 0.3) is 0 Å². The van der Waals surface area contributed by atoms with Crippen molar-refractivity contribution in [2.75, 3.05) is 33.4 Å². The first-order chi connectivity index (χ1) is 14.0. The lowest BCUT2D eigenvalue weighted by molar-refractivity contribution is 0.0392. The van der Waals surface area contributed by atoms with Crippen molar-refractivity contribution in [2.24, 2.45) is 0 Å². The van der Waals surface area contributed by atoms with Gasteiger partial charge in [-0.05, 0) is 55.8 Å². The smallest absolute Gasteiger partial charge is 0.253 e. The molecule has 0 aliphatic carbocycles. The van der Waals surface area contributed by atoms with Crippen LogP contribution in [-0.2, 0) is 11.3 Å². The van der Waals surface area contributed by atoms with Gasteiger partial charge in [0.05, 0.1) is 10.6 Å². The van der Waals surface area contributed by atoms with Crippen molar-refractivity contribution in [2.45, 2.75) is 25.4 Å². The molecule has 0 spiro atoms. The zero-order valence-electron chi connectivity index (χ0n) is 16.5. The molecule has 0 radical (unpaired) electrons. The van der Waals surface area contributed by atoms with Crippen molar-refractivity contribution in [3.05, 3.63) is 63.6 Å². The minimum Gasteiger partial charge on any atom is -0.492 e. The molecule has 1 aliphatic rings. The van der Waals surface area contributed by atoms with Gasteiger partial charge in [0.15, 0.2) is 0 Å². The number of nitrogens with zero attached hydrogens (tertiary/aromatic N) is 1. The molecule has 0 aromatic heterocycles. The molecule has 7 heteroatoms. The van der Waals surface area contributed by atoms with E-state index in [1.807, 2.05) is 24.3 Å². The number of ether oxygens (including phenoxy) is 2. The second-order valence-electron chi connectivity index (χ2n) is 7.13. The van der Waals surface area contributed by atoms with Crippen molar-refractivity contribution in [1.82, 2.24) is 10.2 Å². The van der Waals surface area contributed by atoms with Crippen molar-refractivity contribution in [3.8, 4) is 5.75 Å². The van der Waals surface area contributed by atoms with Gasteiger partial charge in [0.2, 0.25) is 0 Å². The van der Waals surface area contributed by atoms with Gasteiger partial charge in [0, 0.05) is 37.4 Å². The Kier molecular flexibility index (Phi) is 8.19. The van der Waals surface area contributed by atoms with E-state index < -0.39 is 0 Å². The number of hydrogen-bond donors (Lipinski definition) is 1. The van der Waals surface area contributed by atoms with E-state index in [1.165, 1.54) is 0 Å². The molecule has 1 N–H and O–H groups in total. The third-order valence-corrected chi connectivity index (χ3v) is 5.62. The Morgan fingerprint density at radius 1 is 1.21 bits per heavy atom. The summed E-state index contributed by atoms with van der Waals surface area (Å²) in [6.07, 6.45) is 2.14. The molecular weight excluding hydrogens is 411 g/mol. The highest BCUT2D eigenvalue weighted by molar-refractivity contribution is 6.35. The summed E-state index contributed by atoms with van der Waals surface area (Å²) < 4.78 is 11.3. The Labute approximate surface area is 181 Å². The van der Waals surface area contributed by atoms with Crippen molar-refractivity contribution in [3.63, 3.8) is 0 Å². The molecule has 1 amide bonds. The van der Waals surface area contributed by atoms with Crippen LogP contribution >= 0.6 is 23.2 Å². The van der Waals surface area contributed by atoms with Crippen LogP contribution < -0.4 is 10.1 Å². The number of nitrogens with one attached hydrogen (secondary N) is 1. The van der Waals surface area contributed by atoms with Crippen molar-refractivity contribution < 1.29 is 14.3 Å². The van der Waals surface area contributed by atoms with Crippen LogP contribution in [0.3, 0.4) is 0 Å². The molecule has 1 heterocycles. The molecule has 1 fully saturated rings. The maximum absolute atomic E-state index is 12.4. The normalized spacial score (nSPS) is 14.8. The summed E-state index contributed by atoms with van der Waals surface area (Å²) in [4.78, 5) is 14.7. The summed E-state index contributed by atoms with van der Waals surface area (Å²) in [5.41, 5.74) is 1.31. The van der Waals surface area contributed by atoms with E-state index in [-0.39, 0.29) is 5.91 Å². The van der Waals surface area contributed by atoms with E-state index in [0.717, 1.165) is 43.9 Å². The first-order valence-electron chi connectivity index (χ1n) is 9.76. The Hall–Kier alpha value is -1.79. The number of carbonyl (C=O) groups excluding carboxylic acids is 1. The Morgan fingerprint density at radius 2 is 2.00 bits per heavy atom. The SMILES string of the molecule is CN(CCOc1cccc(CNC(=O)c2cc(Cl)ccc2Cl)c1)C1CCOCC1. The fourth-order valence-corrected chi connectivity index (χ4v) is 3.69. The number of halogens is 2. The predicted octanol–water partition coefficient (Wildman–Crippen LogP) is 4.41. The molecule has 2 aromatic rings. The molecule has 5 nitrogen and oxygen atoms in total. The number of hydrogen-bond acceptors (Lipinski definition) is 4. The lowest BCUT2D eigenvalue weighted by atomic mass is 10.1. The van der Waals surface area contributed by atoms with E-state index in [4.69, 9.17) is 32.7 Å². The zero-order valence-corrected chi connectivity index (χ0v) is 18.0. The molecule has 1 saturated heterocycles. The van der Waals surface area contributed by atoms with Crippen molar-refractivity contribution >= 4 is 29.1 Å². The van der Waals surface area contributed by atoms with Gasteiger partial charge >= 0.3 is 0 Å². The largest absolute Gasteiger partial charge is 0.492 e. The minimum absolute atomic E-state index is 0.262. The molecular formula is C22H26Cl2N2O3. The third-order valence-electron chi connectivity index (χ3n) is 5.05. The van der Waals surface area contributed by atoms with Crippen LogP contribution in [-0.4, -0.2) is 50.3 Å². The molecule has 3 rings (SSSR count). The average molecular weight is 437 g/mol. The van der Waals surface area contributed by atoms with Gasteiger partial charge in [0.1, 0.15) is 12.4 Å². The standard InChI is InChI=1S/C22H26Cl2N2O3/c1-26(18-7-10-28-11-8-18)9-12-29-19-4-2-3-16(13-19)15-25-22(27)20-14-17(23)5-6-21(20)24/h2-6,13-14,18H,7-12,15H2,1H3,(H,25,27). The predicted molar refractivity (Wildman–Crippen MR) is 116 cm³/mol. The maximum Gasteiger partial charge on any atom is 0.253 e. The quantitative estimate of drug-likeness (QED) is 0.665. The summed E-state index contributed by atoms with van der Waals surface area (Å²) in [7, 11) is 2.13. The molecule has 0 atom stereocenters. The highest BCUT2D eigenvalue weighted by atomic mass is 35.5. The summed E-state index contributed by atoms with van der Waals surface area (Å²) >= 11 is 12.0. The average Bonchev–Trinajstić information content (AvgIpc) is 2.74. The monoisotopic (exact) mass is 436 g/mol. The van der Waals surface area contributed by atoms with Gasteiger partial charge in [-0.2, -0.15) is 0 Å². The fourth-order valence-electron chi connectivity index (χ4n) is 3.31. The number of carbonyl (C=O) groups is 1. The summed E-state index contributed by atoms with van der Waals surface area (Å²) in [5.74, 6) is 0.528. The Balaban J connectivity index is 1.47. The molecule has 0 saturated carbocycles. The second kappa shape index (κ2) is 10.8. The molecule has 0 bridgehead atoms.